The van der Waals surface area contributed by atoms with Crippen molar-refractivity contribution in [2.75, 3.05) is 7.11 Å². The molecule has 7 nitrogen and oxygen atoms in total. The number of H-pyrrole nitrogens is 1. The van der Waals surface area contributed by atoms with Crippen LogP contribution >= 0.6 is 0 Å². The maximum Gasteiger partial charge on any atom is 0.335 e. The summed E-state index contributed by atoms with van der Waals surface area (Å²) in [6.45, 7) is 1.13. The molecule has 1 aromatic heterocycles. The van der Waals surface area contributed by atoms with E-state index in [2.05, 4.69) is 0 Å². The summed E-state index contributed by atoms with van der Waals surface area (Å²) >= 11 is 0. The predicted octanol–water partition coefficient (Wildman–Crippen LogP) is 0.443. The van der Waals surface area contributed by atoms with E-state index in [1.165, 1.54) is 19.2 Å². The van der Waals surface area contributed by atoms with E-state index >= 15 is 0 Å². The van der Waals surface area contributed by atoms with Crippen LogP contribution < -0.4 is 16.0 Å². The first-order chi connectivity index (χ1) is 9.45. The van der Waals surface area contributed by atoms with E-state index in [4.69, 9.17) is 4.74 Å². The van der Waals surface area contributed by atoms with Crippen LogP contribution in [-0.2, 0) is 0 Å². The van der Waals surface area contributed by atoms with Gasteiger partial charge in [-0.1, -0.05) is 6.07 Å². The second kappa shape index (κ2) is 5.04. The number of methoxy groups -OCH3 is 1. The number of Topliss-reactive ketones (excluding diaryl/α,β-unsaturated/α-hetero) is 1. The first kappa shape index (κ1) is 13.6. The first-order valence-electron chi connectivity index (χ1n) is 5.69. The van der Waals surface area contributed by atoms with E-state index < -0.39 is 28.5 Å². The van der Waals surface area contributed by atoms with Crippen LogP contribution in [0.3, 0.4) is 0 Å². The normalized spacial score (nSPS) is 10.3. The summed E-state index contributed by atoms with van der Waals surface area (Å²) in [5.74, 6) is -0.871. The number of rotatable bonds is 3. The van der Waals surface area contributed by atoms with Crippen molar-refractivity contribution in [2.45, 2.75) is 6.92 Å². The maximum absolute atomic E-state index is 11.8. The predicted molar refractivity (Wildman–Crippen MR) is 70.9 cm³/mol. The fourth-order valence-corrected chi connectivity index (χ4v) is 1.83. The summed E-state index contributed by atoms with van der Waals surface area (Å²) in [5, 5.41) is 10.0. The molecule has 2 aromatic rings. The highest BCUT2D eigenvalue weighted by molar-refractivity contribution is 5.95. The number of ketones is 1. The molecule has 0 saturated heterocycles. The van der Waals surface area contributed by atoms with Crippen molar-refractivity contribution in [3.05, 3.63) is 50.7 Å². The number of nitrogens with one attached hydrogen (secondary N) is 1. The molecule has 2 N–H and O–H groups in total. The number of hydrogen-bond acceptors (Lipinski definition) is 5. The van der Waals surface area contributed by atoms with E-state index in [1.807, 2.05) is 4.98 Å². The lowest BCUT2D eigenvalue weighted by molar-refractivity contribution is 0.101. The van der Waals surface area contributed by atoms with E-state index in [-0.39, 0.29) is 5.69 Å². The van der Waals surface area contributed by atoms with Gasteiger partial charge in [-0.05, 0) is 19.1 Å². The van der Waals surface area contributed by atoms with Gasteiger partial charge in [0.05, 0.1) is 12.8 Å². The fraction of sp³-hybridized carbons (Fsp3) is 0.154. The molecule has 104 valence electrons. The largest absolute Gasteiger partial charge is 0.497 e. The molecule has 0 radical (unpaired) electrons. The van der Waals surface area contributed by atoms with Crippen molar-refractivity contribution >= 4 is 5.78 Å². The number of hydrogen-bond donors (Lipinski definition) is 2. The summed E-state index contributed by atoms with van der Waals surface area (Å²) in [4.78, 5) is 36.7. The minimum Gasteiger partial charge on any atom is -0.497 e. The summed E-state index contributed by atoms with van der Waals surface area (Å²) < 4.78 is 5.86. The van der Waals surface area contributed by atoms with Crippen molar-refractivity contribution < 1.29 is 14.6 Å². The topological polar surface area (TPSA) is 101 Å². The Bertz CT molecular complexity index is 788. The zero-order valence-corrected chi connectivity index (χ0v) is 10.8. The Labute approximate surface area is 113 Å². The number of aromatic nitrogens is 2. The molecule has 0 aliphatic rings. The van der Waals surface area contributed by atoms with Crippen LogP contribution in [0.15, 0.2) is 33.9 Å². The zero-order chi connectivity index (χ0) is 14.9. The number of nitrogens with zero attached hydrogens (tertiary/aromatic N) is 1. The average Bonchev–Trinajstić information content (AvgIpc) is 2.37. The van der Waals surface area contributed by atoms with Gasteiger partial charge in [-0.15, -0.1) is 0 Å². The number of carbonyl (C=O) groups excluding carboxylic acids is 1. The number of benzene rings is 1. The van der Waals surface area contributed by atoms with Crippen molar-refractivity contribution in [3.63, 3.8) is 0 Å². The third kappa shape index (κ3) is 2.20. The van der Waals surface area contributed by atoms with Crippen molar-refractivity contribution in [3.8, 4) is 17.3 Å². The molecule has 7 heteroatoms. The average molecular weight is 276 g/mol. The van der Waals surface area contributed by atoms with Crippen LogP contribution in [-0.4, -0.2) is 27.6 Å². The molecule has 0 spiro atoms. The highest BCUT2D eigenvalue weighted by Crippen LogP contribution is 2.20. The molecule has 0 unspecified atom stereocenters. The number of ether oxygens (including phenoxy) is 1. The van der Waals surface area contributed by atoms with Crippen LogP contribution in [0.5, 0.6) is 11.6 Å². The van der Waals surface area contributed by atoms with Gasteiger partial charge >= 0.3 is 5.69 Å². The SMILES string of the molecule is COc1cccc(-n2c(O)c(C(C)=O)c(=O)[nH]c2=O)c1. The lowest BCUT2D eigenvalue weighted by Gasteiger charge is -2.10. The summed E-state index contributed by atoms with van der Waals surface area (Å²) in [5.41, 5.74) is -1.96. The van der Waals surface area contributed by atoms with E-state index in [9.17, 15) is 19.5 Å². The maximum atomic E-state index is 11.8. The van der Waals surface area contributed by atoms with Crippen molar-refractivity contribution in [2.24, 2.45) is 0 Å². The molecule has 0 aliphatic carbocycles. The summed E-state index contributed by atoms with van der Waals surface area (Å²) in [7, 11) is 1.45. The molecule has 0 bridgehead atoms. The van der Waals surface area contributed by atoms with Crippen molar-refractivity contribution in [1.29, 1.82) is 0 Å². The molecule has 0 amide bonds. The highest BCUT2D eigenvalue weighted by atomic mass is 16.5. The number of aromatic hydroxyl groups is 1. The number of carbonyl (C=O) groups is 1. The Morgan fingerprint density at radius 2 is 2.05 bits per heavy atom. The van der Waals surface area contributed by atoms with Crippen LogP contribution in [0.2, 0.25) is 0 Å². The van der Waals surface area contributed by atoms with Gasteiger partial charge in [-0.2, -0.15) is 0 Å². The van der Waals surface area contributed by atoms with E-state index in [0.717, 1.165) is 11.5 Å². The van der Waals surface area contributed by atoms with Gasteiger partial charge in [-0.3, -0.25) is 14.6 Å². The Morgan fingerprint density at radius 1 is 1.35 bits per heavy atom. The molecule has 20 heavy (non-hydrogen) atoms. The third-order valence-corrected chi connectivity index (χ3v) is 2.75. The second-order valence-corrected chi connectivity index (χ2v) is 4.05. The number of aromatic amines is 1. The Kier molecular flexibility index (Phi) is 3.43. The van der Waals surface area contributed by atoms with Gasteiger partial charge in [-0.25, -0.2) is 9.36 Å². The zero-order valence-electron chi connectivity index (χ0n) is 10.8. The Balaban J connectivity index is 2.80. The van der Waals surface area contributed by atoms with E-state index in [0.29, 0.717) is 5.75 Å². The van der Waals surface area contributed by atoms with Crippen LogP contribution in [0, 0.1) is 0 Å². The molecule has 0 fully saturated rings. The Hall–Kier alpha value is -2.83. The first-order valence-corrected chi connectivity index (χ1v) is 5.69. The van der Waals surface area contributed by atoms with Gasteiger partial charge in [0.2, 0.25) is 5.88 Å². The highest BCUT2D eigenvalue weighted by Gasteiger charge is 2.18. The molecule has 0 aliphatic heterocycles. The fourth-order valence-electron chi connectivity index (χ4n) is 1.83. The van der Waals surface area contributed by atoms with Crippen LogP contribution in [0.4, 0.5) is 0 Å². The van der Waals surface area contributed by atoms with Crippen LogP contribution in [0.1, 0.15) is 17.3 Å². The van der Waals surface area contributed by atoms with Crippen molar-refractivity contribution in [1.82, 2.24) is 9.55 Å². The minimum atomic E-state index is -0.917. The van der Waals surface area contributed by atoms with Gasteiger partial charge in [0.1, 0.15) is 11.3 Å². The van der Waals surface area contributed by atoms with Gasteiger partial charge < -0.3 is 9.84 Å². The third-order valence-electron chi connectivity index (χ3n) is 2.75. The second-order valence-electron chi connectivity index (χ2n) is 4.05. The molecule has 0 saturated carbocycles. The molecular weight excluding hydrogens is 264 g/mol. The van der Waals surface area contributed by atoms with E-state index in [1.54, 1.807) is 12.1 Å². The monoisotopic (exact) mass is 276 g/mol. The lowest BCUT2D eigenvalue weighted by atomic mass is 10.2. The van der Waals surface area contributed by atoms with Crippen LogP contribution in [0.25, 0.3) is 5.69 Å². The molecule has 0 atom stereocenters. The molecule has 1 aromatic carbocycles. The standard InChI is InChI=1S/C13H12N2O5/c1-7(16)10-11(17)14-13(19)15(12(10)18)8-4-3-5-9(6-8)20-2/h3-6,18H,1-2H3,(H,14,17,19). The minimum absolute atomic E-state index is 0.269. The van der Waals surface area contributed by atoms with Gasteiger partial charge in [0, 0.05) is 6.07 Å². The molecule has 2 rings (SSSR count). The Morgan fingerprint density at radius 3 is 2.65 bits per heavy atom. The quantitative estimate of drug-likeness (QED) is 0.792. The van der Waals surface area contributed by atoms with Gasteiger partial charge in [0.25, 0.3) is 5.56 Å². The molecule has 1 heterocycles. The summed E-state index contributed by atoms with van der Waals surface area (Å²) in [6.07, 6.45) is 0. The summed E-state index contributed by atoms with van der Waals surface area (Å²) in [6, 6.07) is 6.29. The molecular formula is C13H12N2O5. The van der Waals surface area contributed by atoms with Gasteiger partial charge in [0.15, 0.2) is 5.78 Å². The smallest absolute Gasteiger partial charge is 0.335 e. The lowest BCUT2D eigenvalue weighted by Crippen LogP contribution is -2.32.